The van der Waals surface area contributed by atoms with E-state index in [1.165, 1.54) is 30.5 Å². The minimum absolute atomic E-state index is 0.0653. The van der Waals surface area contributed by atoms with Gasteiger partial charge in [0.05, 0.1) is 38.3 Å². The van der Waals surface area contributed by atoms with E-state index in [2.05, 4.69) is 10.5 Å². The highest BCUT2D eigenvalue weighted by Gasteiger charge is 2.19. The summed E-state index contributed by atoms with van der Waals surface area (Å²) in [4.78, 5) is 42.7. The largest absolute Gasteiger partial charge is 0.316 e. The number of hydrogen-bond acceptors (Lipinski definition) is 8. The van der Waals surface area contributed by atoms with Gasteiger partial charge < -0.3 is 4.57 Å². The summed E-state index contributed by atoms with van der Waals surface area (Å²) >= 11 is 0. The lowest BCUT2D eigenvalue weighted by Crippen LogP contribution is -2.18. The Labute approximate surface area is 172 Å². The van der Waals surface area contributed by atoms with Crippen LogP contribution >= 0.6 is 0 Å². The molecular weight excluding hydrogens is 412 g/mol. The van der Waals surface area contributed by atoms with Crippen LogP contribution in [-0.2, 0) is 0 Å². The van der Waals surface area contributed by atoms with Crippen LogP contribution in [0.15, 0.2) is 65.9 Å². The van der Waals surface area contributed by atoms with Crippen molar-refractivity contribution in [3.63, 3.8) is 0 Å². The van der Waals surface area contributed by atoms with E-state index < -0.39 is 32.1 Å². The minimum atomic E-state index is -0.878. The number of benzene rings is 2. The Balaban J connectivity index is 1.78. The van der Waals surface area contributed by atoms with Crippen LogP contribution < -0.4 is 5.43 Å². The second-order valence-electron chi connectivity index (χ2n) is 6.03. The number of non-ortho nitro benzene ring substituents is 3. The summed E-state index contributed by atoms with van der Waals surface area (Å²) in [5.41, 5.74) is 1.71. The van der Waals surface area contributed by atoms with Crippen LogP contribution in [0.2, 0.25) is 0 Å². The summed E-state index contributed by atoms with van der Waals surface area (Å²) < 4.78 is 1.65. The van der Waals surface area contributed by atoms with Crippen molar-refractivity contribution in [2.45, 2.75) is 0 Å². The molecule has 0 atom stereocenters. The Morgan fingerprint density at radius 1 is 0.871 bits per heavy atom. The molecule has 0 spiro atoms. The van der Waals surface area contributed by atoms with Gasteiger partial charge in [0.15, 0.2) is 0 Å². The molecule has 0 radical (unpaired) electrons. The van der Waals surface area contributed by atoms with Gasteiger partial charge in [-0.1, -0.05) is 0 Å². The number of amides is 1. The molecule has 0 aliphatic heterocycles. The minimum Gasteiger partial charge on any atom is -0.316 e. The van der Waals surface area contributed by atoms with Gasteiger partial charge in [0, 0.05) is 36.1 Å². The molecule has 1 amide bonds. The first kappa shape index (κ1) is 20.8. The molecule has 1 aromatic heterocycles. The number of hydrogen-bond donors (Lipinski definition) is 1. The topological polar surface area (TPSA) is 176 Å². The summed E-state index contributed by atoms with van der Waals surface area (Å²) in [6.45, 7) is 0. The number of rotatable bonds is 7. The zero-order valence-electron chi connectivity index (χ0n) is 15.4. The van der Waals surface area contributed by atoms with E-state index in [0.717, 1.165) is 18.2 Å². The molecule has 2 aromatic carbocycles. The number of nitro benzene ring substituents is 3. The molecule has 31 heavy (non-hydrogen) atoms. The second-order valence-corrected chi connectivity index (χ2v) is 6.03. The van der Waals surface area contributed by atoms with Gasteiger partial charge in [0.2, 0.25) is 0 Å². The average molecular weight is 424 g/mol. The highest BCUT2D eigenvalue weighted by Crippen LogP contribution is 2.22. The molecule has 156 valence electrons. The maximum atomic E-state index is 12.2. The van der Waals surface area contributed by atoms with Crippen molar-refractivity contribution in [2.24, 2.45) is 5.10 Å². The SMILES string of the molecule is O=C(N/N=C\c1cccn1-c1ccc([N+](=O)[O-])cc1)c1cc([N+](=O)[O-])cc([N+](=O)[O-])c1. The smallest absolute Gasteiger partial charge is 0.277 e. The van der Waals surface area contributed by atoms with E-state index in [9.17, 15) is 35.1 Å². The fourth-order valence-electron chi connectivity index (χ4n) is 2.63. The van der Waals surface area contributed by atoms with Crippen molar-refractivity contribution >= 4 is 29.2 Å². The number of nitrogens with zero attached hydrogens (tertiary/aromatic N) is 5. The summed E-state index contributed by atoms with van der Waals surface area (Å²) in [6, 6.07) is 11.7. The Kier molecular flexibility index (Phi) is 5.77. The van der Waals surface area contributed by atoms with Crippen LogP contribution in [0.5, 0.6) is 0 Å². The predicted octanol–water partition coefficient (Wildman–Crippen LogP) is 2.97. The summed E-state index contributed by atoms with van der Waals surface area (Å²) in [7, 11) is 0. The molecule has 13 heteroatoms. The molecule has 0 saturated carbocycles. The lowest BCUT2D eigenvalue weighted by atomic mass is 10.1. The molecule has 0 aliphatic carbocycles. The van der Waals surface area contributed by atoms with Crippen LogP contribution in [0.25, 0.3) is 5.69 Å². The fraction of sp³-hybridized carbons (Fsp3) is 0. The quantitative estimate of drug-likeness (QED) is 0.344. The maximum absolute atomic E-state index is 12.2. The third-order valence-corrected chi connectivity index (χ3v) is 4.07. The first-order chi connectivity index (χ1) is 14.8. The van der Waals surface area contributed by atoms with Gasteiger partial charge in [-0.2, -0.15) is 5.10 Å². The van der Waals surface area contributed by atoms with E-state index in [1.807, 2.05) is 0 Å². The molecule has 3 rings (SSSR count). The van der Waals surface area contributed by atoms with Crippen molar-refractivity contribution in [1.29, 1.82) is 0 Å². The van der Waals surface area contributed by atoms with Crippen molar-refractivity contribution in [3.8, 4) is 5.69 Å². The number of nitrogens with one attached hydrogen (secondary N) is 1. The Morgan fingerprint density at radius 3 is 2.00 bits per heavy atom. The van der Waals surface area contributed by atoms with Gasteiger partial charge >= 0.3 is 0 Å². The van der Waals surface area contributed by atoms with E-state index in [0.29, 0.717) is 11.4 Å². The number of carbonyl (C=O) groups excluding carboxylic acids is 1. The van der Waals surface area contributed by atoms with Gasteiger partial charge in [-0.15, -0.1) is 0 Å². The van der Waals surface area contributed by atoms with Gasteiger partial charge in [-0.25, -0.2) is 5.43 Å². The van der Waals surface area contributed by atoms with Crippen molar-refractivity contribution in [1.82, 2.24) is 9.99 Å². The highest BCUT2D eigenvalue weighted by molar-refractivity contribution is 5.96. The zero-order valence-corrected chi connectivity index (χ0v) is 15.4. The number of hydrazone groups is 1. The lowest BCUT2D eigenvalue weighted by Gasteiger charge is -2.06. The average Bonchev–Trinajstić information content (AvgIpc) is 3.21. The molecular formula is C18H12N6O7. The zero-order chi connectivity index (χ0) is 22.5. The molecule has 0 fully saturated rings. The molecule has 3 aromatic rings. The Morgan fingerprint density at radius 2 is 1.45 bits per heavy atom. The maximum Gasteiger partial charge on any atom is 0.277 e. The van der Waals surface area contributed by atoms with Crippen LogP contribution in [-0.4, -0.2) is 31.5 Å². The monoisotopic (exact) mass is 424 g/mol. The number of aromatic nitrogens is 1. The van der Waals surface area contributed by atoms with E-state index >= 15 is 0 Å². The van der Waals surface area contributed by atoms with Gasteiger partial charge in [-0.3, -0.25) is 35.1 Å². The second kappa shape index (κ2) is 8.60. The number of carbonyl (C=O) groups is 1. The van der Waals surface area contributed by atoms with Gasteiger partial charge in [0.25, 0.3) is 23.0 Å². The lowest BCUT2D eigenvalue weighted by molar-refractivity contribution is -0.394. The standard InChI is InChI=1S/C18H12N6O7/c25-18(12-8-16(23(28)29)10-17(9-12)24(30)31)20-19-11-15-2-1-7-21(15)13-3-5-14(6-4-13)22(26)27/h1-11H,(H,20,25)/b19-11-. The van der Waals surface area contributed by atoms with Crippen molar-refractivity contribution in [3.05, 3.63) is 102 Å². The molecule has 0 bridgehead atoms. The van der Waals surface area contributed by atoms with Crippen LogP contribution in [0.1, 0.15) is 16.1 Å². The first-order valence-corrected chi connectivity index (χ1v) is 8.46. The van der Waals surface area contributed by atoms with Gasteiger partial charge in [-0.05, 0) is 24.3 Å². The molecule has 0 aliphatic rings. The number of nitro groups is 3. The molecule has 0 unspecified atom stereocenters. The van der Waals surface area contributed by atoms with E-state index in [4.69, 9.17) is 0 Å². The van der Waals surface area contributed by atoms with E-state index in [-0.39, 0.29) is 11.3 Å². The molecule has 0 saturated heterocycles. The van der Waals surface area contributed by atoms with Gasteiger partial charge in [0.1, 0.15) is 0 Å². The Bertz CT molecular complexity index is 1180. The first-order valence-electron chi connectivity index (χ1n) is 8.46. The van der Waals surface area contributed by atoms with Crippen molar-refractivity contribution in [2.75, 3.05) is 0 Å². The predicted molar refractivity (Wildman–Crippen MR) is 107 cm³/mol. The van der Waals surface area contributed by atoms with E-state index in [1.54, 1.807) is 22.9 Å². The molecule has 1 heterocycles. The molecule has 1 N–H and O–H groups in total. The third kappa shape index (κ3) is 4.73. The summed E-state index contributed by atoms with van der Waals surface area (Å²) in [5, 5.41) is 36.4. The van der Waals surface area contributed by atoms with Crippen LogP contribution in [0, 0.1) is 30.3 Å². The van der Waals surface area contributed by atoms with Crippen molar-refractivity contribution < 1.29 is 19.6 Å². The Hall–Kier alpha value is -4.94. The summed E-state index contributed by atoms with van der Waals surface area (Å²) in [5.74, 6) is -0.878. The molecule has 13 nitrogen and oxygen atoms in total. The van der Waals surface area contributed by atoms with Crippen LogP contribution in [0.3, 0.4) is 0 Å². The normalized spacial score (nSPS) is 10.7. The highest BCUT2D eigenvalue weighted by atomic mass is 16.6. The van der Waals surface area contributed by atoms with Crippen LogP contribution in [0.4, 0.5) is 17.1 Å². The summed E-state index contributed by atoms with van der Waals surface area (Å²) in [6.07, 6.45) is 2.96. The third-order valence-electron chi connectivity index (χ3n) is 4.07. The fourth-order valence-corrected chi connectivity index (χ4v) is 2.63.